The highest BCUT2D eigenvalue weighted by molar-refractivity contribution is 4.96. The molecule has 2 heterocycles. The summed E-state index contributed by atoms with van der Waals surface area (Å²) >= 11 is 0. The Hall–Kier alpha value is -1.15. The number of rotatable bonds is 5. The van der Waals surface area contributed by atoms with Gasteiger partial charge in [-0.1, -0.05) is 5.16 Å². The number of nitrogens with zero attached hydrogens (tertiary/aromatic N) is 2. The van der Waals surface area contributed by atoms with Gasteiger partial charge in [0.05, 0.1) is 12.5 Å². The molecule has 1 aromatic rings. The SMILES string of the molecule is FC(F)(F)COCCc1noc([C@H]2CCCNC2)n1. The molecule has 1 fully saturated rings. The van der Waals surface area contributed by atoms with Gasteiger partial charge < -0.3 is 14.6 Å². The van der Waals surface area contributed by atoms with Crippen molar-refractivity contribution in [1.29, 1.82) is 0 Å². The van der Waals surface area contributed by atoms with E-state index in [9.17, 15) is 13.2 Å². The molecule has 0 unspecified atom stereocenters. The summed E-state index contributed by atoms with van der Waals surface area (Å²) in [5.41, 5.74) is 0. The molecule has 0 aromatic carbocycles. The van der Waals surface area contributed by atoms with Gasteiger partial charge in [0, 0.05) is 13.0 Å². The van der Waals surface area contributed by atoms with Crippen molar-refractivity contribution in [2.75, 3.05) is 26.3 Å². The van der Waals surface area contributed by atoms with Crippen LogP contribution in [-0.2, 0) is 11.2 Å². The van der Waals surface area contributed by atoms with E-state index in [-0.39, 0.29) is 18.9 Å². The number of hydrogen-bond acceptors (Lipinski definition) is 5. The standard InChI is InChI=1S/C11H16F3N3O2/c12-11(13,14)7-18-5-3-9-16-10(19-17-9)8-2-1-4-15-6-8/h8,15H,1-7H2/t8-/m0/s1. The van der Waals surface area contributed by atoms with E-state index in [1.165, 1.54) is 0 Å². The number of ether oxygens (including phenoxy) is 1. The van der Waals surface area contributed by atoms with Gasteiger partial charge in [0.25, 0.3) is 0 Å². The number of nitrogens with one attached hydrogen (secondary N) is 1. The van der Waals surface area contributed by atoms with E-state index in [1.54, 1.807) is 0 Å². The van der Waals surface area contributed by atoms with Crippen LogP contribution in [0.15, 0.2) is 4.52 Å². The lowest BCUT2D eigenvalue weighted by atomic mass is 10.00. The Balaban J connectivity index is 1.74. The third-order valence-corrected chi connectivity index (χ3v) is 2.87. The highest BCUT2D eigenvalue weighted by Gasteiger charge is 2.27. The van der Waals surface area contributed by atoms with Crippen molar-refractivity contribution in [1.82, 2.24) is 15.5 Å². The van der Waals surface area contributed by atoms with Gasteiger partial charge in [0.15, 0.2) is 5.82 Å². The first-order chi connectivity index (χ1) is 9.04. The maximum atomic E-state index is 11.8. The molecule has 8 heteroatoms. The minimum atomic E-state index is -4.30. The van der Waals surface area contributed by atoms with Crippen molar-refractivity contribution < 1.29 is 22.4 Å². The molecule has 0 amide bonds. The first-order valence-electron chi connectivity index (χ1n) is 6.22. The van der Waals surface area contributed by atoms with E-state index in [4.69, 9.17) is 4.52 Å². The Bertz CT molecular complexity index is 389. The number of piperidine rings is 1. The Morgan fingerprint density at radius 2 is 2.26 bits per heavy atom. The molecule has 1 atom stereocenters. The largest absolute Gasteiger partial charge is 0.411 e. The van der Waals surface area contributed by atoms with E-state index >= 15 is 0 Å². The van der Waals surface area contributed by atoms with Gasteiger partial charge in [0.1, 0.15) is 6.61 Å². The van der Waals surface area contributed by atoms with Crippen molar-refractivity contribution in [3.63, 3.8) is 0 Å². The second-order valence-corrected chi connectivity index (χ2v) is 4.51. The maximum Gasteiger partial charge on any atom is 0.411 e. The lowest BCUT2D eigenvalue weighted by molar-refractivity contribution is -0.173. The van der Waals surface area contributed by atoms with Crippen LogP contribution in [0, 0.1) is 0 Å². The van der Waals surface area contributed by atoms with Gasteiger partial charge in [-0.05, 0) is 19.4 Å². The Morgan fingerprint density at radius 1 is 1.42 bits per heavy atom. The lowest BCUT2D eigenvalue weighted by Gasteiger charge is -2.18. The number of alkyl halides is 3. The minimum Gasteiger partial charge on any atom is -0.372 e. The second kappa shape index (κ2) is 6.33. The van der Waals surface area contributed by atoms with Crippen molar-refractivity contribution in [3.8, 4) is 0 Å². The molecule has 1 N–H and O–H groups in total. The van der Waals surface area contributed by atoms with E-state index in [1.807, 2.05) is 0 Å². The van der Waals surface area contributed by atoms with Crippen LogP contribution in [0.4, 0.5) is 13.2 Å². The number of halogens is 3. The predicted octanol–water partition coefficient (Wildman–Crippen LogP) is 1.66. The summed E-state index contributed by atoms with van der Waals surface area (Å²) in [6.07, 6.45) is -2.04. The summed E-state index contributed by atoms with van der Waals surface area (Å²) in [5, 5.41) is 6.98. The molecule has 0 aliphatic carbocycles. The summed E-state index contributed by atoms with van der Waals surface area (Å²) in [5.74, 6) is 1.15. The third kappa shape index (κ3) is 4.79. The topological polar surface area (TPSA) is 60.2 Å². The molecular weight excluding hydrogens is 263 g/mol. The molecule has 2 rings (SSSR count). The lowest BCUT2D eigenvalue weighted by Crippen LogP contribution is -2.28. The van der Waals surface area contributed by atoms with Gasteiger partial charge in [-0.15, -0.1) is 0 Å². The average molecular weight is 279 g/mol. The van der Waals surface area contributed by atoms with Crippen LogP contribution >= 0.6 is 0 Å². The molecule has 1 aromatic heterocycles. The molecule has 0 radical (unpaired) electrons. The van der Waals surface area contributed by atoms with Crippen LogP contribution in [0.5, 0.6) is 0 Å². The van der Waals surface area contributed by atoms with Gasteiger partial charge in [-0.2, -0.15) is 18.2 Å². The summed E-state index contributed by atoms with van der Waals surface area (Å²) in [6.45, 7) is 0.473. The van der Waals surface area contributed by atoms with Crippen LogP contribution in [-0.4, -0.2) is 42.6 Å². The molecular formula is C11H16F3N3O2. The fourth-order valence-electron chi connectivity index (χ4n) is 1.95. The second-order valence-electron chi connectivity index (χ2n) is 4.51. The molecule has 0 spiro atoms. The monoisotopic (exact) mass is 279 g/mol. The average Bonchev–Trinajstić information content (AvgIpc) is 2.83. The van der Waals surface area contributed by atoms with Crippen LogP contribution in [0.3, 0.4) is 0 Å². The van der Waals surface area contributed by atoms with E-state index in [2.05, 4.69) is 20.2 Å². The molecule has 1 aliphatic heterocycles. The molecule has 0 saturated carbocycles. The fourth-order valence-corrected chi connectivity index (χ4v) is 1.95. The van der Waals surface area contributed by atoms with Crippen LogP contribution in [0.25, 0.3) is 0 Å². The molecule has 0 bridgehead atoms. The zero-order valence-corrected chi connectivity index (χ0v) is 10.4. The van der Waals surface area contributed by atoms with E-state index in [0.29, 0.717) is 11.7 Å². The summed E-state index contributed by atoms with van der Waals surface area (Å²) < 4.78 is 45.2. The normalized spacial score (nSPS) is 20.7. The van der Waals surface area contributed by atoms with E-state index < -0.39 is 12.8 Å². The van der Waals surface area contributed by atoms with Crippen LogP contribution in [0.1, 0.15) is 30.5 Å². The predicted molar refractivity (Wildman–Crippen MR) is 59.7 cm³/mol. The number of aromatic nitrogens is 2. The Labute approximate surface area is 108 Å². The fraction of sp³-hybridized carbons (Fsp3) is 0.818. The molecule has 1 aliphatic rings. The summed E-state index contributed by atoms with van der Waals surface area (Å²) in [4.78, 5) is 4.19. The Morgan fingerprint density at radius 3 is 2.95 bits per heavy atom. The highest BCUT2D eigenvalue weighted by Crippen LogP contribution is 2.21. The number of hydrogen-bond donors (Lipinski definition) is 1. The van der Waals surface area contributed by atoms with Crippen molar-refractivity contribution >= 4 is 0 Å². The first-order valence-corrected chi connectivity index (χ1v) is 6.22. The molecule has 1 saturated heterocycles. The highest BCUT2D eigenvalue weighted by atomic mass is 19.4. The molecule has 108 valence electrons. The van der Waals surface area contributed by atoms with Crippen LogP contribution in [0.2, 0.25) is 0 Å². The summed E-state index contributed by atoms with van der Waals surface area (Å²) in [7, 11) is 0. The van der Waals surface area contributed by atoms with E-state index in [0.717, 1.165) is 25.9 Å². The first kappa shape index (κ1) is 14.3. The van der Waals surface area contributed by atoms with Crippen molar-refractivity contribution in [2.24, 2.45) is 0 Å². The zero-order valence-electron chi connectivity index (χ0n) is 10.4. The third-order valence-electron chi connectivity index (χ3n) is 2.87. The van der Waals surface area contributed by atoms with Crippen molar-refractivity contribution in [2.45, 2.75) is 31.4 Å². The summed E-state index contributed by atoms with van der Waals surface area (Å²) in [6, 6.07) is 0. The molecule has 5 nitrogen and oxygen atoms in total. The van der Waals surface area contributed by atoms with Gasteiger partial charge in [-0.3, -0.25) is 0 Å². The van der Waals surface area contributed by atoms with Gasteiger partial charge >= 0.3 is 6.18 Å². The van der Waals surface area contributed by atoms with Gasteiger partial charge in [0.2, 0.25) is 5.89 Å². The minimum absolute atomic E-state index is 0.0681. The maximum absolute atomic E-state index is 11.8. The van der Waals surface area contributed by atoms with Crippen LogP contribution < -0.4 is 5.32 Å². The molecule has 19 heavy (non-hydrogen) atoms. The smallest absolute Gasteiger partial charge is 0.372 e. The zero-order chi connectivity index (χ0) is 13.7. The Kier molecular flexibility index (Phi) is 4.76. The van der Waals surface area contributed by atoms with Crippen molar-refractivity contribution in [3.05, 3.63) is 11.7 Å². The quantitative estimate of drug-likeness (QED) is 0.831. The van der Waals surface area contributed by atoms with Gasteiger partial charge in [-0.25, -0.2) is 0 Å².